The highest BCUT2D eigenvalue weighted by Crippen LogP contribution is 2.41. The summed E-state index contributed by atoms with van der Waals surface area (Å²) in [7, 11) is -3.89. The second-order valence-electron chi connectivity index (χ2n) is 16.4. The molecule has 0 aliphatic heterocycles. The number of nitrogens with zero attached hydrogens (tertiary/aromatic N) is 3. The predicted molar refractivity (Wildman–Crippen MR) is 261 cm³/mol. The van der Waals surface area contributed by atoms with Gasteiger partial charge in [0.2, 0.25) is 9.84 Å². The van der Waals surface area contributed by atoms with E-state index in [0.29, 0.717) is 0 Å². The Morgan fingerprint density at radius 1 is 0.333 bits per heavy atom. The number of sulfone groups is 1. The zero-order chi connectivity index (χ0) is 42.4. The molecule has 0 atom stereocenters. The fourth-order valence-corrected chi connectivity index (χ4v) is 11.8. The van der Waals surface area contributed by atoms with Gasteiger partial charge in [-0.1, -0.05) is 120 Å². The molecule has 0 fully saturated rings. The third kappa shape index (κ3) is 6.03. The first kappa shape index (κ1) is 37.4. The van der Waals surface area contributed by atoms with Crippen molar-refractivity contribution in [3.8, 4) is 17.1 Å². The molecule has 3 heterocycles. The van der Waals surface area contributed by atoms with Crippen molar-refractivity contribution in [3.05, 3.63) is 211 Å². The number of aromatic nitrogens is 3. The van der Waals surface area contributed by atoms with Gasteiger partial charge in [0.1, 0.15) is 0 Å². The molecular formula is C56H39N3O2S2. The van der Waals surface area contributed by atoms with Crippen LogP contribution in [0.3, 0.4) is 0 Å². The van der Waals surface area contributed by atoms with Crippen LogP contribution in [0.15, 0.2) is 220 Å². The Morgan fingerprint density at radius 3 is 1.19 bits per heavy atom. The highest BCUT2D eigenvalue weighted by atomic mass is 32.2. The lowest BCUT2D eigenvalue weighted by atomic mass is 10.1. The Bertz CT molecular complexity index is 3640. The van der Waals surface area contributed by atoms with Gasteiger partial charge in [-0.2, -0.15) is 0 Å². The van der Waals surface area contributed by atoms with E-state index in [2.05, 4.69) is 184 Å². The molecular weight excluding hydrogens is 811 g/mol. The first-order valence-electron chi connectivity index (χ1n) is 21.1. The lowest BCUT2D eigenvalue weighted by molar-refractivity contribution is 0.595. The summed E-state index contributed by atoms with van der Waals surface area (Å²) in [6.07, 6.45) is 0. The third-order valence-electron chi connectivity index (χ3n) is 12.4. The van der Waals surface area contributed by atoms with Gasteiger partial charge in [0.25, 0.3) is 0 Å². The van der Waals surface area contributed by atoms with E-state index < -0.39 is 9.84 Å². The molecule has 12 rings (SSSR count). The number of aryl methyl sites for hydroxylation is 2. The van der Waals surface area contributed by atoms with Crippen LogP contribution in [0.4, 0.5) is 0 Å². The second-order valence-corrected chi connectivity index (χ2v) is 19.5. The fraction of sp³-hybridized carbons (Fsp3) is 0.0357. The average molecular weight is 850 g/mol. The smallest absolute Gasteiger partial charge is 0.206 e. The first-order chi connectivity index (χ1) is 30.8. The number of benzene rings is 9. The van der Waals surface area contributed by atoms with E-state index in [0.717, 1.165) is 76.3 Å². The molecule has 302 valence electrons. The summed E-state index contributed by atoms with van der Waals surface area (Å²) in [4.78, 5) is 2.38. The van der Waals surface area contributed by atoms with Gasteiger partial charge in [0, 0.05) is 59.2 Å². The first-order valence-corrected chi connectivity index (χ1v) is 23.4. The van der Waals surface area contributed by atoms with E-state index >= 15 is 0 Å². The number of hydrogen-bond donors (Lipinski definition) is 0. The fourth-order valence-electron chi connectivity index (χ4n) is 9.45. The Balaban J connectivity index is 1.15. The van der Waals surface area contributed by atoms with Gasteiger partial charge in [0.05, 0.1) is 42.9 Å². The molecule has 0 aliphatic carbocycles. The molecule has 0 aliphatic rings. The minimum Gasteiger partial charge on any atom is -0.309 e. The predicted octanol–water partition coefficient (Wildman–Crippen LogP) is 14.6. The zero-order valence-electron chi connectivity index (χ0n) is 34.5. The van der Waals surface area contributed by atoms with Crippen LogP contribution >= 0.6 is 11.8 Å². The molecule has 0 amide bonds. The number of fused-ring (bicyclic) bond motifs is 9. The Morgan fingerprint density at radius 2 is 0.730 bits per heavy atom. The normalized spacial score (nSPS) is 12.2. The van der Waals surface area contributed by atoms with Crippen LogP contribution in [0.5, 0.6) is 0 Å². The van der Waals surface area contributed by atoms with Crippen molar-refractivity contribution in [2.75, 3.05) is 0 Å². The molecule has 0 unspecified atom stereocenters. The Hall–Kier alpha value is -7.32. The van der Waals surface area contributed by atoms with Crippen molar-refractivity contribution >= 4 is 87.0 Å². The van der Waals surface area contributed by atoms with E-state index in [-0.39, 0.29) is 9.79 Å². The zero-order valence-corrected chi connectivity index (χ0v) is 36.2. The van der Waals surface area contributed by atoms with E-state index in [4.69, 9.17) is 0 Å². The van der Waals surface area contributed by atoms with Crippen molar-refractivity contribution in [2.45, 2.75) is 33.4 Å². The Kier molecular flexibility index (Phi) is 8.55. The van der Waals surface area contributed by atoms with Crippen molar-refractivity contribution in [2.24, 2.45) is 0 Å². The molecule has 0 N–H and O–H groups in total. The molecule has 0 spiro atoms. The molecule has 0 saturated carbocycles. The highest BCUT2D eigenvalue weighted by molar-refractivity contribution is 7.99. The molecule has 12 aromatic rings. The summed E-state index contributed by atoms with van der Waals surface area (Å²) in [5, 5.41) is 6.94. The molecule has 9 aromatic carbocycles. The SMILES string of the molecule is Cc1ccc(Sc2cc(-n3c4ccc(-n5c6ccccc6c6ccccc65)cc4c4cc(-n5c6ccccc6c6ccccc65)ccc43)cc(S(=O)(=O)c3ccc(C)cc3)c2)cc1. The summed E-state index contributed by atoms with van der Waals surface area (Å²) < 4.78 is 36.2. The van der Waals surface area contributed by atoms with Gasteiger partial charge >= 0.3 is 0 Å². The van der Waals surface area contributed by atoms with Crippen molar-refractivity contribution in [1.29, 1.82) is 0 Å². The van der Waals surface area contributed by atoms with E-state index in [1.807, 2.05) is 31.2 Å². The second kappa shape index (κ2) is 14.4. The molecule has 0 radical (unpaired) electrons. The maximum atomic E-state index is 14.6. The van der Waals surface area contributed by atoms with Gasteiger partial charge < -0.3 is 13.7 Å². The summed E-state index contributed by atoms with van der Waals surface area (Å²) >= 11 is 1.57. The highest BCUT2D eigenvalue weighted by Gasteiger charge is 2.23. The van der Waals surface area contributed by atoms with Gasteiger partial charge in [-0.05, 0) is 117 Å². The maximum absolute atomic E-state index is 14.6. The van der Waals surface area contributed by atoms with E-state index in [9.17, 15) is 8.42 Å². The quantitative estimate of drug-likeness (QED) is 0.160. The number of rotatable bonds is 7. The molecule has 7 heteroatoms. The van der Waals surface area contributed by atoms with E-state index in [1.165, 1.54) is 27.1 Å². The van der Waals surface area contributed by atoms with Gasteiger partial charge in [-0.3, -0.25) is 0 Å². The topological polar surface area (TPSA) is 48.9 Å². The van der Waals surface area contributed by atoms with Crippen LogP contribution in [-0.2, 0) is 9.84 Å². The van der Waals surface area contributed by atoms with Crippen molar-refractivity contribution < 1.29 is 8.42 Å². The maximum Gasteiger partial charge on any atom is 0.206 e. The van der Waals surface area contributed by atoms with Crippen LogP contribution in [0.1, 0.15) is 11.1 Å². The summed E-state index contributed by atoms with van der Waals surface area (Å²) in [6, 6.07) is 69.0. The average Bonchev–Trinajstić information content (AvgIpc) is 3.95. The van der Waals surface area contributed by atoms with Crippen LogP contribution in [0, 0.1) is 13.8 Å². The summed E-state index contributed by atoms with van der Waals surface area (Å²) in [5.41, 5.74) is 11.5. The van der Waals surface area contributed by atoms with Crippen molar-refractivity contribution in [3.63, 3.8) is 0 Å². The lowest BCUT2D eigenvalue weighted by Gasteiger charge is -2.15. The van der Waals surface area contributed by atoms with Gasteiger partial charge in [0.15, 0.2) is 0 Å². The van der Waals surface area contributed by atoms with Crippen molar-refractivity contribution in [1.82, 2.24) is 13.7 Å². The lowest BCUT2D eigenvalue weighted by Crippen LogP contribution is -2.04. The van der Waals surface area contributed by atoms with Crippen LogP contribution in [0.25, 0.3) is 82.5 Å². The van der Waals surface area contributed by atoms with Gasteiger partial charge in [-0.15, -0.1) is 0 Å². The minimum absolute atomic E-state index is 0.247. The largest absolute Gasteiger partial charge is 0.309 e. The summed E-state index contributed by atoms with van der Waals surface area (Å²) in [5.74, 6) is 0. The number of para-hydroxylation sites is 4. The minimum atomic E-state index is -3.89. The van der Waals surface area contributed by atoms with Gasteiger partial charge in [-0.25, -0.2) is 8.42 Å². The Labute approximate surface area is 369 Å². The molecule has 63 heavy (non-hydrogen) atoms. The molecule has 3 aromatic heterocycles. The standard InChI is InChI=1S/C56H39N3O2S2/c1-36-19-25-41(26-20-36)62-42-31-40(32-44(35-42)63(60,61)43-27-21-37(2)22-28-43)59-55-29-23-38(57-51-15-7-3-11-45(51)46-12-4-8-16-52(46)57)33-49(55)50-34-39(24-30-56(50)59)58-53-17-9-5-13-47(53)48-14-6-10-18-54(48)58/h3-35H,1-2H3. The molecule has 0 bridgehead atoms. The van der Waals surface area contributed by atoms with Crippen LogP contribution in [0.2, 0.25) is 0 Å². The van der Waals surface area contributed by atoms with Crippen LogP contribution < -0.4 is 0 Å². The van der Waals surface area contributed by atoms with E-state index in [1.54, 1.807) is 23.9 Å². The molecule has 5 nitrogen and oxygen atoms in total. The summed E-state index contributed by atoms with van der Waals surface area (Å²) in [6.45, 7) is 4.04. The third-order valence-corrected chi connectivity index (χ3v) is 15.2. The number of hydrogen-bond acceptors (Lipinski definition) is 3. The molecule has 0 saturated heterocycles. The van der Waals surface area contributed by atoms with Crippen LogP contribution in [-0.4, -0.2) is 22.1 Å². The monoisotopic (exact) mass is 849 g/mol.